The van der Waals surface area contributed by atoms with Crippen molar-refractivity contribution in [3.63, 3.8) is 0 Å². The summed E-state index contributed by atoms with van der Waals surface area (Å²) in [6.45, 7) is 5.82. The predicted octanol–water partition coefficient (Wildman–Crippen LogP) is 2.42. The van der Waals surface area contributed by atoms with Gasteiger partial charge < -0.3 is 4.79 Å². The Bertz CT molecular complexity index is 385. The van der Waals surface area contributed by atoms with E-state index in [0.717, 1.165) is 19.1 Å². The number of rotatable bonds is 2. The Balaban J connectivity index is 2.43. The minimum Gasteiger partial charge on any atom is -0.302 e. The van der Waals surface area contributed by atoms with Gasteiger partial charge in [0.15, 0.2) is 0 Å². The van der Waals surface area contributed by atoms with Crippen LogP contribution in [0.25, 0.3) is 0 Å². The number of fused-ring (bicyclic) bond motifs is 1. The van der Waals surface area contributed by atoms with E-state index in [0.29, 0.717) is 12.8 Å². The van der Waals surface area contributed by atoms with Gasteiger partial charge in [-0.2, -0.15) is 0 Å². The van der Waals surface area contributed by atoms with Crippen LogP contribution < -0.4 is 0 Å². The van der Waals surface area contributed by atoms with Gasteiger partial charge in [0.1, 0.15) is 17.9 Å². The molecular formula is C15H22O3. The molecule has 2 aliphatic rings. The van der Waals surface area contributed by atoms with Gasteiger partial charge in [0.05, 0.1) is 5.41 Å². The van der Waals surface area contributed by atoms with E-state index in [1.165, 1.54) is 0 Å². The normalized spacial score (nSPS) is 40.8. The lowest BCUT2D eigenvalue weighted by atomic mass is 9.51. The molecule has 2 aliphatic carbocycles. The molecule has 0 aliphatic heterocycles. The highest BCUT2D eigenvalue weighted by atomic mass is 16.2. The van der Waals surface area contributed by atoms with Crippen molar-refractivity contribution in [3.05, 3.63) is 0 Å². The number of carbonyl (C=O) groups excluding carboxylic acids is 3. The first-order valence-corrected chi connectivity index (χ1v) is 6.98. The fourth-order valence-corrected chi connectivity index (χ4v) is 3.91. The zero-order chi connectivity index (χ0) is 13.5. The average molecular weight is 250 g/mol. The van der Waals surface area contributed by atoms with Gasteiger partial charge in [-0.1, -0.05) is 20.8 Å². The fraction of sp³-hybridized carbons (Fsp3) is 0.800. The minimum absolute atomic E-state index is 0.0318. The lowest BCUT2D eigenvalue weighted by Crippen LogP contribution is -2.56. The zero-order valence-electron chi connectivity index (χ0n) is 11.4. The molecule has 2 rings (SSSR count). The Morgan fingerprint density at radius 2 is 1.89 bits per heavy atom. The molecule has 0 amide bonds. The molecule has 3 nitrogen and oxygen atoms in total. The van der Waals surface area contributed by atoms with Crippen molar-refractivity contribution in [2.24, 2.45) is 29.1 Å². The van der Waals surface area contributed by atoms with E-state index in [1.54, 1.807) is 6.92 Å². The molecule has 3 heteroatoms. The summed E-state index contributed by atoms with van der Waals surface area (Å²) in [5, 5.41) is 0. The van der Waals surface area contributed by atoms with Crippen molar-refractivity contribution in [1.82, 2.24) is 0 Å². The first-order chi connectivity index (χ1) is 8.45. The summed E-state index contributed by atoms with van der Waals surface area (Å²) in [6, 6.07) is 0. The minimum atomic E-state index is -1.01. The van der Waals surface area contributed by atoms with Gasteiger partial charge >= 0.3 is 0 Å². The third-order valence-corrected chi connectivity index (χ3v) is 5.20. The highest BCUT2D eigenvalue weighted by Crippen LogP contribution is 2.51. The molecule has 0 unspecified atom stereocenters. The van der Waals surface area contributed by atoms with Crippen LogP contribution in [0.5, 0.6) is 0 Å². The Morgan fingerprint density at radius 3 is 2.44 bits per heavy atom. The SMILES string of the molecule is CC(C)[C@H]1CC[C@@H]2CCC(=O)[C@@H](C)[C@]2(C=O)C1=O. The van der Waals surface area contributed by atoms with Crippen LogP contribution in [0.3, 0.4) is 0 Å². The maximum Gasteiger partial charge on any atom is 0.150 e. The molecule has 0 radical (unpaired) electrons. The van der Waals surface area contributed by atoms with Crippen LogP contribution >= 0.6 is 0 Å². The van der Waals surface area contributed by atoms with E-state index in [4.69, 9.17) is 0 Å². The summed E-state index contributed by atoms with van der Waals surface area (Å²) in [7, 11) is 0. The molecule has 4 atom stereocenters. The number of hydrogen-bond acceptors (Lipinski definition) is 3. The molecule has 0 aromatic carbocycles. The fourth-order valence-electron chi connectivity index (χ4n) is 3.91. The van der Waals surface area contributed by atoms with Gasteiger partial charge in [-0.25, -0.2) is 0 Å². The second-order valence-electron chi connectivity index (χ2n) is 6.27. The summed E-state index contributed by atoms with van der Waals surface area (Å²) in [5.41, 5.74) is -1.01. The van der Waals surface area contributed by atoms with Gasteiger partial charge in [-0.3, -0.25) is 9.59 Å². The second-order valence-corrected chi connectivity index (χ2v) is 6.27. The lowest BCUT2D eigenvalue weighted by Gasteiger charge is -2.48. The first-order valence-electron chi connectivity index (χ1n) is 6.98. The molecule has 2 fully saturated rings. The van der Waals surface area contributed by atoms with E-state index in [1.807, 2.05) is 13.8 Å². The summed E-state index contributed by atoms with van der Waals surface area (Å²) in [6.07, 6.45) is 3.82. The lowest BCUT2D eigenvalue weighted by molar-refractivity contribution is -0.160. The first kappa shape index (κ1) is 13.4. The maximum absolute atomic E-state index is 12.7. The summed E-state index contributed by atoms with van der Waals surface area (Å²) in [5.74, 6) is -0.0345. The topological polar surface area (TPSA) is 51.2 Å². The highest BCUT2D eigenvalue weighted by molar-refractivity contribution is 6.06. The predicted molar refractivity (Wildman–Crippen MR) is 68.0 cm³/mol. The Labute approximate surface area is 108 Å². The van der Waals surface area contributed by atoms with Crippen LogP contribution in [0.1, 0.15) is 46.5 Å². The number of ketones is 2. The van der Waals surface area contributed by atoms with Crippen LogP contribution in [0.15, 0.2) is 0 Å². The molecule has 0 spiro atoms. The molecule has 0 bridgehead atoms. The molecule has 0 saturated heterocycles. The average Bonchev–Trinajstić information content (AvgIpc) is 2.34. The Kier molecular flexibility index (Phi) is 3.43. The Morgan fingerprint density at radius 1 is 1.22 bits per heavy atom. The van der Waals surface area contributed by atoms with Gasteiger partial charge in [0.25, 0.3) is 0 Å². The van der Waals surface area contributed by atoms with E-state index in [-0.39, 0.29) is 29.3 Å². The van der Waals surface area contributed by atoms with Crippen molar-refractivity contribution in [1.29, 1.82) is 0 Å². The van der Waals surface area contributed by atoms with E-state index < -0.39 is 11.3 Å². The van der Waals surface area contributed by atoms with Crippen LogP contribution in [0.4, 0.5) is 0 Å². The monoisotopic (exact) mass is 250 g/mol. The molecule has 2 saturated carbocycles. The highest BCUT2D eigenvalue weighted by Gasteiger charge is 2.58. The van der Waals surface area contributed by atoms with Gasteiger partial charge in [-0.05, 0) is 31.1 Å². The van der Waals surface area contributed by atoms with Crippen molar-refractivity contribution < 1.29 is 14.4 Å². The molecule has 0 N–H and O–H groups in total. The molecule has 0 aromatic rings. The number of Topliss-reactive ketones (excluding diaryl/α,β-unsaturated/α-hetero) is 2. The summed E-state index contributed by atoms with van der Waals surface area (Å²) >= 11 is 0. The maximum atomic E-state index is 12.7. The zero-order valence-corrected chi connectivity index (χ0v) is 11.4. The van der Waals surface area contributed by atoms with Crippen LogP contribution in [-0.2, 0) is 14.4 Å². The van der Waals surface area contributed by atoms with Crippen molar-refractivity contribution in [2.45, 2.75) is 46.5 Å². The van der Waals surface area contributed by atoms with Crippen molar-refractivity contribution in [3.8, 4) is 0 Å². The quantitative estimate of drug-likeness (QED) is 0.558. The smallest absolute Gasteiger partial charge is 0.150 e. The van der Waals surface area contributed by atoms with Gasteiger partial charge in [0.2, 0.25) is 0 Å². The molecular weight excluding hydrogens is 228 g/mol. The van der Waals surface area contributed by atoms with Crippen molar-refractivity contribution in [2.75, 3.05) is 0 Å². The van der Waals surface area contributed by atoms with Crippen LogP contribution in [0, 0.1) is 29.1 Å². The molecule has 18 heavy (non-hydrogen) atoms. The second kappa shape index (κ2) is 4.60. The number of aldehydes is 1. The molecule has 0 heterocycles. The molecule has 100 valence electrons. The van der Waals surface area contributed by atoms with Crippen LogP contribution in [0.2, 0.25) is 0 Å². The van der Waals surface area contributed by atoms with E-state index >= 15 is 0 Å². The molecule has 0 aromatic heterocycles. The third kappa shape index (κ3) is 1.67. The van der Waals surface area contributed by atoms with E-state index in [2.05, 4.69) is 0 Å². The summed E-state index contributed by atoms with van der Waals surface area (Å²) in [4.78, 5) is 36.3. The number of hydrogen-bond donors (Lipinski definition) is 0. The standard InChI is InChI=1S/C15H22O3/c1-9(2)12-6-4-11-5-7-13(17)10(3)15(11,8-16)14(12)18/h8-12H,4-7H2,1-3H3/t10-,11-,12-,15+/m1/s1. The largest absolute Gasteiger partial charge is 0.302 e. The van der Waals surface area contributed by atoms with Gasteiger partial charge in [0, 0.05) is 18.3 Å². The summed E-state index contributed by atoms with van der Waals surface area (Å²) < 4.78 is 0. The number of carbonyl (C=O) groups is 3. The third-order valence-electron chi connectivity index (χ3n) is 5.20. The van der Waals surface area contributed by atoms with Crippen molar-refractivity contribution >= 4 is 17.9 Å². The van der Waals surface area contributed by atoms with Gasteiger partial charge in [-0.15, -0.1) is 0 Å². The van der Waals surface area contributed by atoms with Crippen LogP contribution in [-0.4, -0.2) is 17.9 Å². The Hall–Kier alpha value is -0.990. The van der Waals surface area contributed by atoms with E-state index in [9.17, 15) is 14.4 Å².